The lowest BCUT2D eigenvalue weighted by molar-refractivity contribution is 0.0994. The number of fused-ring (bicyclic) bond motifs is 1. The zero-order valence-corrected chi connectivity index (χ0v) is 16.5. The topological polar surface area (TPSA) is 52.0 Å². The van der Waals surface area contributed by atoms with Gasteiger partial charge in [-0.3, -0.25) is 14.2 Å². The number of Topliss-reactive ketones (excluding diaryl/α,β-unsaturated/α-hetero) is 1. The highest BCUT2D eigenvalue weighted by atomic mass is 32.2. The second kappa shape index (κ2) is 6.77. The molecule has 2 aromatic heterocycles. The van der Waals surface area contributed by atoms with Crippen LogP contribution in [0.2, 0.25) is 0 Å². The first-order chi connectivity index (χ1) is 11.8. The Morgan fingerprint density at radius 2 is 1.84 bits per heavy atom. The van der Waals surface area contributed by atoms with Crippen LogP contribution in [0, 0.1) is 20.8 Å². The van der Waals surface area contributed by atoms with Crippen molar-refractivity contribution in [2.75, 3.05) is 0 Å². The number of carbonyl (C=O) groups excluding carboxylic acids is 1. The molecular formula is C19H20N2O2S2. The largest absolute Gasteiger partial charge is 0.293 e. The Bertz CT molecular complexity index is 1020. The van der Waals surface area contributed by atoms with E-state index >= 15 is 0 Å². The number of aromatic nitrogens is 2. The number of aryl methyl sites for hydroxylation is 3. The monoisotopic (exact) mass is 372 g/mol. The minimum Gasteiger partial charge on any atom is -0.293 e. The molecule has 0 saturated carbocycles. The van der Waals surface area contributed by atoms with E-state index in [0.717, 1.165) is 20.8 Å². The summed E-state index contributed by atoms with van der Waals surface area (Å²) >= 11 is 2.86. The standard InChI is InChI=1S/C19H20N2O2S2/c1-10-6-8-14(9-7-10)16(22)13(4)25-19-20-17-15(18(23)21(19)5)11(2)12(3)24-17/h6-9,13H,1-5H3/t13-/m0/s1. The summed E-state index contributed by atoms with van der Waals surface area (Å²) < 4.78 is 1.55. The van der Waals surface area contributed by atoms with Crippen LogP contribution in [0.5, 0.6) is 0 Å². The Balaban J connectivity index is 1.94. The number of carbonyl (C=O) groups is 1. The third-order valence-electron chi connectivity index (χ3n) is 4.36. The highest BCUT2D eigenvalue weighted by molar-refractivity contribution is 8.00. The Labute approximate surface area is 154 Å². The van der Waals surface area contributed by atoms with E-state index in [9.17, 15) is 9.59 Å². The quantitative estimate of drug-likeness (QED) is 0.390. The van der Waals surface area contributed by atoms with E-state index in [1.54, 1.807) is 11.6 Å². The summed E-state index contributed by atoms with van der Waals surface area (Å²) in [5, 5.41) is 0.944. The summed E-state index contributed by atoms with van der Waals surface area (Å²) in [5.41, 5.74) is 2.74. The fourth-order valence-electron chi connectivity index (χ4n) is 2.63. The first kappa shape index (κ1) is 17.9. The summed E-state index contributed by atoms with van der Waals surface area (Å²) in [5.74, 6) is 0.0397. The molecule has 1 atom stereocenters. The SMILES string of the molecule is Cc1ccc(C(=O)[C@H](C)Sc2nc3sc(C)c(C)c3c(=O)n2C)cc1. The first-order valence-electron chi connectivity index (χ1n) is 8.04. The van der Waals surface area contributed by atoms with E-state index < -0.39 is 0 Å². The van der Waals surface area contributed by atoms with E-state index in [2.05, 4.69) is 4.98 Å². The van der Waals surface area contributed by atoms with Gasteiger partial charge in [0, 0.05) is 17.5 Å². The van der Waals surface area contributed by atoms with Crippen LogP contribution >= 0.6 is 23.1 Å². The molecule has 2 heterocycles. The van der Waals surface area contributed by atoms with Crippen molar-refractivity contribution in [2.45, 2.75) is 38.1 Å². The molecule has 0 unspecified atom stereocenters. The average molecular weight is 373 g/mol. The molecule has 0 aliphatic heterocycles. The number of rotatable bonds is 4. The molecule has 0 aliphatic carbocycles. The molecule has 0 saturated heterocycles. The second-order valence-electron chi connectivity index (χ2n) is 6.21. The molecule has 130 valence electrons. The fraction of sp³-hybridized carbons (Fsp3) is 0.316. The molecule has 6 heteroatoms. The average Bonchev–Trinajstić information content (AvgIpc) is 2.86. The summed E-state index contributed by atoms with van der Waals surface area (Å²) in [7, 11) is 1.71. The van der Waals surface area contributed by atoms with Crippen LogP contribution < -0.4 is 5.56 Å². The van der Waals surface area contributed by atoms with Gasteiger partial charge in [0.25, 0.3) is 5.56 Å². The van der Waals surface area contributed by atoms with Gasteiger partial charge < -0.3 is 0 Å². The predicted molar refractivity (Wildman–Crippen MR) is 105 cm³/mol. The Kier molecular flexibility index (Phi) is 4.84. The van der Waals surface area contributed by atoms with Crippen LogP contribution in [0.25, 0.3) is 10.2 Å². The molecule has 3 rings (SSSR count). The number of nitrogens with zero attached hydrogens (tertiary/aromatic N) is 2. The molecule has 1 aromatic carbocycles. The van der Waals surface area contributed by atoms with Gasteiger partial charge in [0.2, 0.25) is 0 Å². The third kappa shape index (κ3) is 3.28. The van der Waals surface area contributed by atoms with Crippen LogP contribution in [0.1, 0.15) is 33.3 Å². The zero-order chi connectivity index (χ0) is 18.3. The van der Waals surface area contributed by atoms with Gasteiger partial charge in [0.05, 0.1) is 10.6 Å². The molecule has 0 bridgehead atoms. The van der Waals surface area contributed by atoms with Crippen molar-refractivity contribution < 1.29 is 4.79 Å². The summed E-state index contributed by atoms with van der Waals surface area (Å²) in [6.45, 7) is 7.80. The van der Waals surface area contributed by atoms with Gasteiger partial charge in [-0.25, -0.2) is 4.98 Å². The molecule has 0 aliphatic rings. The maximum Gasteiger partial charge on any atom is 0.262 e. The van der Waals surface area contributed by atoms with Gasteiger partial charge >= 0.3 is 0 Å². The van der Waals surface area contributed by atoms with Gasteiger partial charge in [-0.15, -0.1) is 11.3 Å². The van der Waals surface area contributed by atoms with Crippen molar-refractivity contribution in [3.63, 3.8) is 0 Å². The smallest absolute Gasteiger partial charge is 0.262 e. The maximum atomic E-state index is 12.7. The van der Waals surface area contributed by atoms with Crippen molar-refractivity contribution in [1.29, 1.82) is 0 Å². The normalized spacial score (nSPS) is 12.5. The highest BCUT2D eigenvalue weighted by Gasteiger charge is 2.21. The Hall–Kier alpha value is -1.92. The van der Waals surface area contributed by atoms with Crippen molar-refractivity contribution in [3.8, 4) is 0 Å². The molecular weight excluding hydrogens is 352 g/mol. The van der Waals surface area contributed by atoms with E-state index in [1.165, 1.54) is 23.1 Å². The van der Waals surface area contributed by atoms with Crippen LogP contribution in [-0.2, 0) is 7.05 Å². The van der Waals surface area contributed by atoms with Crippen molar-refractivity contribution in [1.82, 2.24) is 9.55 Å². The zero-order valence-electron chi connectivity index (χ0n) is 14.9. The number of thiophene rings is 1. The molecule has 0 N–H and O–H groups in total. The van der Waals surface area contributed by atoms with Crippen LogP contribution in [-0.4, -0.2) is 20.6 Å². The number of ketones is 1. The maximum absolute atomic E-state index is 12.7. The molecule has 0 amide bonds. The van der Waals surface area contributed by atoms with Crippen LogP contribution in [0.15, 0.2) is 34.2 Å². The van der Waals surface area contributed by atoms with Crippen LogP contribution in [0.4, 0.5) is 0 Å². The molecule has 0 spiro atoms. The Morgan fingerprint density at radius 1 is 1.20 bits per heavy atom. The van der Waals surface area contributed by atoms with Gasteiger partial charge in [-0.05, 0) is 33.3 Å². The fourth-order valence-corrected chi connectivity index (χ4v) is 4.65. The minimum atomic E-state index is -0.319. The molecule has 3 aromatic rings. The molecule has 0 radical (unpaired) electrons. The summed E-state index contributed by atoms with van der Waals surface area (Å²) in [6.07, 6.45) is 0. The lowest BCUT2D eigenvalue weighted by atomic mass is 10.1. The number of benzene rings is 1. The third-order valence-corrected chi connectivity index (χ3v) is 6.60. The van der Waals surface area contributed by atoms with E-state index in [-0.39, 0.29) is 16.6 Å². The second-order valence-corrected chi connectivity index (χ2v) is 8.72. The number of thioether (sulfide) groups is 1. The van der Waals surface area contributed by atoms with E-state index in [1.807, 2.05) is 52.0 Å². The van der Waals surface area contributed by atoms with Gasteiger partial charge in [-0.1, -0.05) is 41.6 Å². The van der Waals surface area contributed by atoms with Gasteiger partial charge in [0.1, 0.15) is 4.83 Å². The highest BCUT2D eigenvalue weighted by Crippen LogP contribution is 2.30. The minimum absolute atomic E-state index is 0.0397. The van der Waals surface area contributed by atoms with Crippen LogP contribution in [0.3, 0.4) is 0 Å². The number of hydrogen-bond donors (Lipinski definition) is 0. The van der Waals surface area contributed by atoms with Crippen molar-refractivity contribution in [3.05, 3.63) is 56.2 Å². The van der Waals surface area contributed by atoms with Gasteiger partial charge in [0.15, 0.2) is 10.9 Å². The van der Waals surface area contributed by atoms with E-state index in [4.69, 9.17) is 0 Å². The van der Waals surface area contributed by atoms with E-state index in [0.29, 0.717) is 16.1 Å². The predicted octanol–water partition coefficient (Wildman–Crippen LogP) is 4.28. The Morgan fingerprint density at radius 3 is 2.48 bits per heavy atom. The van der Waals surface area contributed by atoms with Crippen molar-refractivity contribution in [2.24, 2.45) is 7.05 Å². The summed E-state index contributed by atoms with van der Waals surface area (Å²) in [6, 6.07) is 7.55. The molecule has 25 heavy (non-hydrogen) atoms. The van der Waals surface area contributed by atoms with Crippen molar-refractivity contribution >= 4 is 39.1 Å². The lowest BCUT2D eigenvalue weighted by Crippen LogP contribution is -2.22. The molecule has 0 fully saturated rings. The summed E-state index contributed by atoms with van der Waals surface area (Å²) in [4.78, 5) is 31.8. The first-order valence-corrected chi connectivity index (χ1v) is 9.73. The lowest BCUT2D eigenvalue weighted by Gasteiger charge is -2.12. The number of hydrogen-bond acceptors (Lipinski definition) is 5. The van der Waals surface area contributed by atoms with Gasteiger partial charge in [-0.2, -0.15) is 0 Å². The molecule has 4 nitrogen and oxygen atoms in total.